The quantitative estimate of drug-likeness (QED) is 0.640. The van der Waals surface area contributed by atoms with Crippen LogP contribution in [0.15, 0.2) is 0 Å². The lowest BCUT2D eigenvalue weighted by Gasteiger charge is -2.23. The zero-order chi connectivity index (χ0) is 11.6. The molecular formula is C14H30N2. The van der Waals surface area contributed by atoms with Crippen molar-refractivity contribution >= 4 is 0 Å². The molecule has 0 aliphatic heterocycles. The van der Waals surface area contributed by atoms with Crippen molar-refractivity contribution in [3.8, 4) is 0 Å². The summed E-state index contributed by atoms with van der Waals surface area (Å²) in [5, 5.41) is 3.71. The Morgan fingerprint density at radius 1 is 1.00 bits per heavy atom. The van der Waals surface area contributed by atoms with Gasteiger partial charge in [0.15, 0.2) is 0 Å². The van der Waals surface area contributed by atoms with E-state index in [9.17, 15) is 0 Å². The molecule has 1 aliphatic carbocycles. The Bertz CT molecular complexity index is 149. The van der Waals surface area contributed by atoms with Crippen molar-refractivity contribution in [3.63, 3.8) is 0 Å². The van der Waals surface area contributed by atoms with Crippen LogP contribution in [0, 0.1) is 0 Å². The molecule has 0 atom stereocenters. The van der Waals surface area contributed by atoms with Crippen LogP contribution in [0.5, 0.6) is 0 Å². The van der Waals surface area contributed by atoms with Gasteiger partial charge in [0.2, 0.25) is 0 Å². The second kappa shape index (κ2) is 9.00. The van der Waals surface area contributed by atoms with Crippen LogP contribution in [-0.4, -0.2) is 37.1 Å². The second-order valence-electron chi connectivity index (χ2n) is 5.02. The molecule has 1 N–H and O–H groups in total. The molecule has 0 aromatic carbocycles. The Hall–Kier alpha value is -0.0800. The van der Waals surface area contributed by atoms with Gasteiger partial charge in [-0.05, 0) is 51.9 Å². The van der Waals surface area contributed by atoms with E-state index in [-0.39, 0.29) is 0 Å². The maximum Gasteiger partial charge on any atom is 0.00670 e. The zero-order valence-corrected chi connectivity index (χ0v) is 11.3. The van der Waals surface area contributed by atoms with E-state index in [1.54, 1.807) is 0 Å². The van der Waals surface area contributed by atoms with Crippen molar-refractivity contribution in [1.82, 2.24) is 10.2 Å². The van der Waals surface area contributed by atoms with E-state index in [0.29, 0.717) is 0 Å². The van der Waals surface area contributed by atoms with Crippen molar-refractivity contribution < 1.29 is 0 Å². The van der Waals surface area contributed by atoms with Crippen LogP contribution in [-0.2, 0) is 0 Å². The summed E-state index contributed by atoms with van der Waals surface area (Å²) in [7, 11) is 0. The molecule has 16 heavy (non-hydrogen) atoms. The summed E-state index contributed by atoms with van der Waals surface area (Å²) in [6, 6.07) is 0.835. The van der Waals surface area contributed by atoms with Gasteiger partial charge in [-0.2, -0.15) is 0 Å². The van der Waals surface area contributed by atoms with Crippen LogP contribution in [0.4, 0.5) is 0 Å². The van der Waals surface area contributed by atoms with Gasteiger partial charge in [0.05, 0.1) is 0 Å². The Kier molecular flexibility index (Phi) is 7.87. The average molecular weight is 226 g/mol. The first-order valence-electron chi connectivity index (χ1n) is 7.32. The molecular weight excluding hydrogens is 196 g/mol. The molecule has 0 unspecified atom stereocenters. The first-order chi connectivity index (χ1) is 7.86. The Morgan fingerprint density at radius 3 is 2.31 bits per heavy atom. The van der Waals surface area contributed by atoms with E-state index in [2.05, 4.69) is 24.1 Å². The minimum atomic E-state index is 0.835. The molecule has 0 bridgehead atoms. The highest BCUT2D eigenvalue weighted by atomic mass is 15.1. The van der Waals surface area contributed by atoms with Crippen LogP contribution in [0.3, 0.4) is 0 Å². The van der Waals surface area contributed by atoms with Crippen LogP contribution in [0.2, 0.25) is 0 Å². The third kappa shape index (κ3) is 5.86. The Balaban J connectivity index is 1.90. The summed E-state index contributed by atoms with van der Waals surface area (Å²) in [6.07, 6.45) is 9.86. The van der Waals surface area contributed by atoms with Gasteiger partial charge in [0, 0.05) is 6.04 Å². The lowest BCUT2D eigenvalue weighted by molar-refractivity contribution is 0.293. The van der Waals surface area contributed by atoms with Gasteiger partial charge in [0.1, 0.15) is 0 Å². The van der Waals surface area contributed by atoms with Crippen molar-refractivity contribution in [2.24, 2.45) is 0 Å². The van der Waals surface area contributed by atoms with E-state index in [1.165, 1.54) is 71.1 Å². The molecule has 0 aromatic rings. The summed E-state index contributed by atoms with van der Waals surface area (Å²) in [6.45, 7) is 9.41. The molecule has 1 saturated carbocycles. The molecule has 1 rings (SSSR count). The fourth-order valence-corrected chi connectivity index (χ4v) is 2.61. The first-order valence-corrected chi connectivity index (χ1v) is 7.32. The fourth-order valence-electron chi connectivity index (χ4n) is 2.61. The summed E-state index contributed by atoms with van der Waals surface area (Å²) in [5.74, 6) is 0. The highest BCUT2D eigenvalue weighted by Gasteiger charge is 2.11. The number of hydrogen-bond donors (Lipinski definition) is 1. The van der Waals surface area contributed by atoms with E-state index < -0.39 is 0 Å². The second-order valence-corrected chi connectivity index (χ2v) is 5.02. The van der Waals surface area contributed by atoms with E-state index in [0.717, 1.165) is 6.04 Å². The number of unbranched alkanes of at least 4 members (excludes halogenated alkanes) is 1. The maximum atomic E-state index is 3.71. The SMILES string of the molecule is CCN(CC)CCCCNC1CCCCC1. The number of nitrogens with zero attached hydrogens (tertiary/aromatic N) is 1. The van der Waals surface area contributed by atoms with Gasteiger partial charge >= 0.3 is 0 Å². The minimum Gasteiger partial charge on any atom is -0.314 e. The topological polar surface area (TPSA) is 15.3 Å². The van der Waals surface area contributed by atoms with Crippen molar-refractivity contribution in [2.45, 2.75) is 64.8 Å². The van der Waals surface area contributed by atoms with Crippen molar-refractivity contribution in [2.75, 3.05) is 26.2 Å². The molecule has 0 radical (unpaired) electrons. The maximum absolute atomic E-state index is 3.71. The third-order valence-electron chi connectivity index (χ3n) is 3.83. The zero-order valence-electron chi connectivity index (χ0n) is 11.3. The van der Waals surface area contributed by atoms with Crippen LogP contribution >= 0.6 is 0 Å². The first kappa shape index (κ1) is 14.0. The molecule has 1 aliphatic rings. The highest BCUT2D eigenvalue weighted by molar-refractivity contribution is 4.71. The van der Waals surface area contributed by atoms with Crippen molar-refractivity contribution in [3.05, 3.63) is 0 Å². The number of hydrogen-bond acceptors (Lipinski definition) is 2. The number of rotatable bonds is 8. The summed E-state index contributed by atoms with van der Waals surface area (Å²) >= 11 is 0. The van der Waals surface area contributed by atoms with Gasteiger partial charge in [-0.25, -0.2) is 0 Å². The van der Waals surface area contributed by atoms with Crippen molar-refractivity contribution in [1.29, 1.82) is 0 Å². The smallest absolute Gasteiger partial charge is 0.00670 e. The molecule has 2 heteroatoms. The average Bonchev–Trinajstić information content (AvgIpc) is 2.35. The van der Waals surface area contributed by atoms with Gasteiger partial charge in [0.25, 0.3) is 0 Å². The van der Waals surface area contributed by atoms with Crippen LogP contribution < -0.4 is 5.32 Å². The third-order valence-corrected chi connectivity index (χ3v) is 3.83. The molecule has 96 valence electrons. The van der Waals surface area contributed by atoms with Gasteiger partial charge in [-0.3, -0.25) is 0 Å². The highest BCUT2D eigenvalue weighted by Crippen LogP contribution is 2.17. The minimum absolute atomic E-state index is 0.835. The Morgan fingerprint density at radius 2 is 1.69 bits per heavy atom. The lowest BCUT2D eigenvalue weighted by atomic mass is 9.95. The lowest BCUT2D eigenvalue weighted by Crippen LogP contribution is -2.32. The van der Waals surface area contributed by atoms with Gasteiger partial charge in [-0.15, -0.1) is 0 Å². The summed E-state index contributed by atoms with van der Waals surface area (Å²) < 4.78 is 0. The monoisotopic (exact) mass is 226 g/mol. The molecule has 0 spiro atoms. The summed E-state index contributed by atoms with van der Waals surface area (Å²) in [5.41, 5.74) is 0. The molecule has 0 aromatic heterocycles. The normalized spacial score (nSPS) is 18.2. The van der Waals surface area contributed by atoms with E-state index in [1.807, 2.05) is 0 Å². The van der Waals surface area contributed by atoms with E-state index in [4.69, 9.17) is 0 Å². The predicted octanol–water partition coefficient (Wildman–Crippen LogP) is 3.03. The standard InChI is InChI=1S/C14H30N2/c1-3-16(4-2)13-9-8-12-15-14-10-6-5-7-11-14/h14-15H,3-13H2,1-2H3. The predicted molar refractivity (Wildman–Crippen MR) is 71.9 cm³/mol. The molecule has 0 saturated heterocycles. The number of nitrogens with one attached hydrogen (secondary N) is 1. The fraction of sp³-hybridized carbons (Fsp3) is 1.00. The molecule has 1 fully saturated rings. The van der Waals surface area contributed by atoms with Crippen LogP contribution in [0.1, 0.15) is 58.8 Å². The molecule has 0 amide bonds. The summed E-state index contributed by atoms with van der Waals surface area (Å²) in [4.78, 5) is 2.51. The molecule has 0 heterocycles. The van der Waals surface area contributed by atoms with Gasteiger partial charge in [-0.1, -0.05) is 33.1 Å². The molecule has 2 nitrogen and oxygen atoms in total. The largest absolute Gasteiger partial charge is 0.314 e. The van der Waals surface area contributed by atoms with E-state index >= 15 is 0 Å². The van der Waals surface area contributed by atoms with Gasteiger partial charge < -0.3 is 10.2 Å². The Labute approximate surface area is 102 Å². The van der Waals surface area contributed by atoms with Crippen LogP contribution in [0.25, 0.3) is 0 Å².